The van der Waals surface area contributed by atoms with Crippen LogP contribution >= 0.6 is 12.4 Å². The molecule has 2 aromatic rings. The molecule has 3 amide bonds. The Bertz CT molecular complexity index is 795. The van der Waals surface area contributed by atoms with Gasteiger partial charge in [-0.15, -0.1) is 12.4 Å². The molecule has 1 fully saturated rings. The first kappa shape index (κ1) is 21.7. The average Bonchev–Trinajstić information content (AvgIpc) is 2.69. The van der Waals surface area contributed by atoms with Crippen molar-refractivity contribution in [3.63, 3.8) is 0 Å². The van der Waals surface area contributed by atoms with Crippen LogP contribution in [0.3, 0.4) is 0 Å². The van der Waals surface area contributed by atoms with Crippen molar-refractivity contribution < 1.29 is 14.3 Å². The zero-order chi connectivity index (χ0) is 19.1. The van der Waals surface area contributed by atoms with Crippen molar-refractivity contribution >= 4 is 41.4 Å². The average molecular weight is 405 g/mol. The van der Waals surface area contributed by atoms with E-state index in [4.69, 9.17) is 10.5 Å². The van der Waals surface area contributed by atoms with Crippen LogP contribution in [0, 0.1) is 5.41 Å². The molecule has 1 saturated heterocycles. The standard InChI is InChI=1S/C20H24N4O3.ClH/c21-14-20(9-11-27-12-10-20)18(25)22-16-7-4-8-17(13-16)24-19(26)23-15-5-2-1-3-6-15;/h1-8,13H,9-12,14,21H2,(H,22,25)(H2,23,24,26);1H. The van der Waals surface area contributed by atoms with E-state index in [9.17, 15) is 9.59 Å². The lowest BCUT2D eigenvalue weighted by molar-refractivity contribution is -0.130. The molecule has 0 aliphatic carbocycles. The van der Waals surface area contributed by atoms with Crippen LogP contribution in [0.15, 0.2) is 54.6 Å². The third-order valence-electron chi connectivity index (χ3n) is 4.73. The molecule has 3 rings (SSSR count). The summed E-state index contributed by atoms with van der Waals surface area (Å²) in [5.41, 5.74) is 7.16. The van der Waals surface area contributed by atoms with Gasteiger partial charge in [-0.25, -0.2) is 4.79 Å². The summed E-state index contributed by atoms with van der Waals surface area (Å²) in [6.45, 7) is 1.34. The number of ether oxygens (including phenoxy) is 1. The topological polar surface area (TPSA) is 105 Å². The summed E-state index contributed by atoms with van der Waals surface area (Å²) < 4.78 is 5.35. The van der Waals surface area contributed by atoms with Gasteiger partial charge in [0, 0.05) is 36.8 Å². The molecule has 0 bridgehead atoms. The number of benzene rings is 2. The van der Waals surface area contributed by atoms with Crippen molar-refractivity contribution in [3.8, 4) is 0 Å². The third-order valence-corrected chi connectivity index (χ3v) is 4.73. The summed E-state index contributed by atoms with van der Waals surface area (Å²) in [7, 11) is 0. The zero-order valence-corrected chi connectivity index (χ0v) is 16.3. The summed E-state index contributed by atoms with van der Waals surface area (Å²) in [4.78, 5) is 24.9. The largest absolute Gasteiger partial charge is 0.381 e. The van der Waals surface area contributed by atoms with Gasteiger partial charge in [0.15, 0.2) is 0 Å². The van der Waals surface area contributed by atoms with Gasteiger partial charge >= 0.3 is 6.03 Å². The summed E-state index contributed by atoms with van der Waals surface area (Å²) in [6, 6.07) is 15.8. The first-order valence-electron chi connectivity index (χ1n) is 8.94. The summed E-state index contributed by atoms with van der Waals surface area (Å²) in [6.07, 6.45) is 1.21. The summed E-state index contributed by atoms with van der Waals surface area (Å²) in [5.74, 6) is -0.112. The highest BCUT2D eigenvalue weighted by molar-refractivity contribution is 6.01. The number of hydrogen-bond acceptors (Lipinski definition) is 4. The minimum atomic E-state index is -0.605. The van der Waals surface area contributed by atoms with Crippen LogP contribution in [0.2, 0.25) is 0 Å². The molecule has 28 heavy (non-hydrogen) atoms. The minimum Gasteiger partial charge on any atom is -0.381 e. The Balaban J connectivity index is 0.00000280. The molecule has 0 saturated carbocycles. The Morgan fingerprint density at radius 1 is 0.893 bits per heavy atom. The Hall–Kier alpha value is -2.61. The molecule has 1 aliphatic heterocycles. The van der Waals surface area contributed by atoms with Crippen molar-refractivity contribution in [2.45, 2.75) is 12.8 Å². The van der Waals surface area contributed by atoms with Crippen molar-refractivity contribution in [2.75, 3.05) is 35.7 Å². The van der Waals surface area contributed by atoms with Gasteiger partial charge in [0.05, 0.1) is 5.41 Å². The van der Waals surface area contributed by atoms with E-state index < -0.39 is 5.41 Å². The molecule has 0 unspecified atom stereocenters. The van der Waals surface area contributed by atoms with Gasteiger partial charge in [-0.3, -0.25) is 4.79 Å². The van der Waals surface area contributed by atoms with E-state index in [0.29, 0.717) is 43.1 Å². The van der Waals surface area contributed by atoms with E-state index in [-0.39, 0.29) is 30.9 Å². The molecule has 150 valence electrons. The molecular weight excluding hydrogens is 380 g/mol. The normalized spacial score (nSPS) is 15.0. The third kappa shape index (κ3) is 5.45. The second-order valence-corrected chi connectivity index (χ2v) is 6.58. The Morgan fingerprint density at radius 2 is 1.46 bits per heavy atom. The van der Waals surface area contributed by atoms with Crippen LogP contribution in [0.1, 0.15) is 12.8 Å². The number of amides is 3. The number of halogens is 1. The molecular formula is C20H25ClN4O3. The lowest BCUT2D eigenvalue weighted by Gasteiger charge is -2.34. The highest BCUT2D eigenvalue weighted by Crippen LogP contribution is 2.31. The highest BCUT2D eigenvalue weighted by Gasteiger charge is 2.38. The smallest absolute Gasteiger partial charge is 0.323 e. The predicted molar refractivity (Wildman–Crippen MR) is 113 cm³/mol. The van der Waals surface area contributed by atoms with E-state index >= 15 is 0 Å². The van der Waals surface area contributed by atoms with Crippen LogP contribution in [0.5, 0.6) is 0 Å². The van der Waals surface area contributed by atoms with E-state index in [2.05, 4.69) is 16.0 Å². The molecule has 8 heteroatoms. The van der Waals surface area contributed by atoms with Crippen LogP contribution in [-0.2, 0) is 9.53 Å². The summed E-state index contributed by atoms with van der Waals surface area (Å²) in [5, 5.41) is 8.43. The lowest BCUT2D eigenvalue weighted by atomic mass is 9.79. The lowest BCUT2D eigenvalue weighted by Crippen LogP contribution is -2.46. The Kier molecular flexibility index (Phi) is 7.80. The number of urea groups is 1. The number of carbonyl (C=O) groups excluding carboxylic acids is 2. The number of rotatable bonds is 5. The number of nitrogens with two attached hydrogens (primary N) is 1. The van der Waals surface area contributed by atoms with E-state index in [1.54, 1.807) is 36.4 Å². The van der Waals surface area contributed by atoms with E-state index in [1.165, 1.54) is 0 Å². The molecule has 5 N–H and O–H groups in total. The molecule has 0 radical (unpaired) electrons. The van der Waals surface area contributed by atoms with E-state index in [1.807, 2.05) is 18.2 Å². The molecule has 7 nitrogen and oxygen atoms in total. The first-order chi connectivity index (χ1) is 13.1. The van der Waals surface area contributed by atoms with Crippen LogP contribution < -0.4 is 21.7 Å². The van der Waals surface area contributed by atoms with Crippen LogP contribution in [0.4, 0.5) is 21.9 Å². The Labute approximate surface area is 170 Å². The summed E-state index contributed by atoms with van der Waals surface area (Å²) >= 11 is 0. The van der Waals surface area contributed by atoms with Gasteiger partial charge in [-0.1, -0.05) is 24.3 Å². The number of hydrogen-bond donors (Lipinski definition) is 4. The Morgan fingerprint density at radius 3 is 2.11 bits per heavy atom. The predicted octanol–water partition coefficient (Wildman–Crippen LogP) is 3.45. The maximum Gasteiger partial charge on any atom is 0.323 e. The monoisotopic (exact) mass is 404 g/mol. The quantitative estimate of drug-likeness (QED) is 0.612. The SMILES string of the molecule is Cl.NCC1(C(=O)Nc2cccc(NC(=O)Nc3ccccc3)c2)CCOCC1. The van der Waals surface area contributed by atoms with Crippen LogP contribution in [0.25, 0.3) is 0 Å². The second kappa shape index (κ2) is 10.1. The van der Waals surface area contributed by atoms with Crippen molar-refractivity contribution in [1.29, 1.82) is 0 Å². The van der Waals surface area contributed by atoms with E-state index in [0.717, 1.165) is 0 Å². The van der Waals surface area contributed by atoms with Crippen molar-refractivity contribution in [3.05, 3.63) is 54.6 Å². The first-order valence-corrected chi connectivity index (χ1v) is 8.94. The van der Waals surface area contributed by atoms with Gasteiger partial charge in [0.25, 0.3) is 0 Å². The molecule has 0 atom stereocenters. The number of carbonyl (C=O) groups is 2. The zero-order valence-electron chi connectivity index (χ0n) is 15.4. The molecule has 1 heterocycles. The van der Waals surface area contributed by atoms with Gasteiger partial charge in [-0.05, 0) is 43.2 Å². The number of anilines is 3. The fourth-order valence-corrected chi connectivity index (χ4v) is 3.04. The maximum absolute atomic E-state index is 12.7. The molecule has 2 aromatic carbocycles. The van der Waals surface area contributed by atoms with Crippen LogP contribution in [-0.4, -0.2) is 31.7 Å². The van der Waals surface area contributed by atoms with Gasteiger partial charge < -0.3 is 26.4 Å². The second-order valence-electron chi connectivity index (χ2n) is 6.58. The maximum atomic E-state index is 12.7. The highest BCUT2D eigenvalue weighted by atomic mass is 35.5. The van der Waals surface area contributed by atoms with Gasteiger partial charge in [0.1, 0.15) is 0 Å². The fourth-order valence-electron chi connectivity index (χ4n) is 3.04. The number of nitrogens with one attached hydrogen (secondary N) is 3. The van der Waals surface area contributed by atoms with Gasteiger partial charge in [-0.2, -0.15) is 0 Å². The minimum absolute atomic E-state index is 0. The van der Waals surface area contributed by atoms with Crippen molar-refractivity contribution in [1.82, 2.24) is 0 Å². The van der Waals surface area contributed by atoms with Crippen molar-refractivity contribution in [2.24, 2.45) is 11.1 Å². The number of para-hydroxylation sites is 1. The fraction of sp³-hybridized carbons (Fsp3) is 0.300. The molecule has 0 aromatic heterocycles. The molecule has 1 aliphatic rings. The molecule has 0 spiro atoms. The van der Waals surface area contributed by atoms with Gasteiger partial charge in [0.2, 0.25) is 5.91 Å².